The van der Waals surface area contributed by atoms with Crippen LogP contribution >= 0.6 is 11.3 Å². The van der Waals surface area contributed by atoms with Crippen molar-refractivity contribution in [2.45, 2.75) is 13.0 Å². The largest absolute Gasteiger partial charge is 0.271 e. The van der Waals surface area contributed by atoms with E-state index < -0.39 is 0 Å². The second-order valence-corrected chi connectivity index (χ2v) is 5.64. The molecule has 3 rings (SSSR count). The smallest absolute Gasteiger partial charge is 0.0938 e. The maximum atomic E-state index is 5.75. The Morgan fingerprint density at radius 2 is 2.00 bits per heavy atom. The number of rotatable bonds is 3. The number of thiophene rings is 1. The summed E-state index contributed by atoms with van der Waals surface area (Å²) < 4.78 is 0. The van der Waals surface area contributed by atoms with Gasteiger partial charge in [-0.3, -0.25) is 15.8 Å². The van der Waals surface area contributed by atoms with Gasteiger partial charge in [-0.1, -0.05) is 12.1 Å². The van der Waals surface area contributed by atoms with Crippen LogP contribution in [0.3, 0.4) is 0 Å². The van der Waals surface area contributed by atoms with Crippen molar-refractivity contribution < 1.29 is 0 Å². The molecule has 2 aromatic heterocycles. The van der Waals surface area contributed by atoms with Gasteiger partial charge in [-0.05, 0) is 25.1 Å². The van der Waals surface area contributed by atoms with E-state index in [1.165, 1.54) is 9.75 Å². The monoisotopic (exact) mass is 270 g/mol. The first-order valence-electron chi connectivity index (χ1n) is 6.01. The van der Waals surface area contributed by atoms with Crippen LogP contribution in [0.15, 0.2) is 42.7 Å². The Kier molecular flexibility index (Phi) is 3.25. The minimum atomic E-state index is -0.0564. The average molecular weight is 270 g/mol. The summed E-state index contributed by atoms with van der Waals surface area (Å²) in [6.07, 6.45) is 3.41. The van der Waals surface area contributed by atoms with E-state index in [0.29, 0.717) is 0 Å². The number of para-hydroxylation sites is 1. The lowest BCUT2D eigenvalue weighted by Crippen LogP contribution is -2.28. The molecule has 0 saturated heterocycles. The molecule has 0 spiro atoms. The second-order valence-electron chi connectivity index (χ2n) is 4.32. The molecule has 1 unspecified atom stereocenters. The van der Waals surface area contributed by atoms with Crippen LogP contribution in [0.2, 0.25) is 0 Å². The third kappa shape index (κ3) is 2.23. The van der Waals surface area contributed by atoms with E-state index >= 15 is 0 Å². The second kappa shape index (κ2) is 5.05. The summed E-state index contributed by atoms with van der Waals surface area (Å²) in [4.78, 5) is 11.2. The Morgan fingerprint density at radius 3 is 2.74 bits per heavy atom. The minimum absolute atomic E-state index is 0.0564. The van der Waals surface area contributed by atoms with Crippen molar-refractivity contribution in [3.63, 3.8) is 0 Å². The molecule has 0 aliphatic carbocycles. The lowest BCUT2D eigenvalue weighted by molar-refractivity contribution is 0.649. The Morgan fingerprint density at radius 1 is 1.16 bits per heavy atom. The standard InChI is InChI=1S/C14H14N4S/c1-9-5-6-12(19-9)14(18-15)10-3-2-4-11-13(10)17-8-7-16-11/h2-8,14,18H,15H2,1H3. The topological polar surface area (TPSA) is 63.8 Å². The fourth-order valence-corrected chi connectivity index (χ4v) is 3.14. The predicted octanol–water partition coefficient (Wildman–Crippen LogP) is 2.55. The summed E-state index contributed by atoms with van der Waals surface area (Å²) in [5, 5.41) is 0. The zero-order valence-corrected chi connectivity index (χ0v) is 11.3. The number of aryl methyl sites for hydroxylation is 1. The molecule has 2 heterocycles. The van der Waals surface area contributed by atoms with Gasteiger partial charge in [0.2, 0.25) is 0 Å². The highest BCUT2D eigenvalue weighted by molar-refractivity contribution is 7.12. The van der Waals surface area contributed by atoms with Crippen molar-refractivity contribution in [1.82, 2.24) is 15.4 Å². The van der Waals surface area contributed by atoms with Gasteiger partial charge in [0.25, 0.3) is 0 Å². The molecule has 3 aromatic rings. The van der Waals surface area contributed by atoms with Gasteiger partial charge in [-0.15, -0.1) is 11.3 Å². The first kappa shape index (κ1) is 12.2. The number of nitrogens with two attached hydrogens (primary N) is 1. The van der Waals surface area contributed by atoms with Gasteiger partial charge in [-0.2, -0.15) is 0 Å². The van der Waals surface area contributed by atoms with Gasteiger partial charge in [-0.25, -0.2) is 5.43 Å². The van der Waals surface area contributed by atoms with E-state index in [9.17, 15) is 0 Å². The molecule has 0 aliphatic rings. The summed E-state index contributed by atoms with van der Waals surface area (Å²) in [6.45, 7) is 2.09. The Balaban J connectivity index is 2.16. The highest BCUT2D eigenvalue weighted by Gasteiger charge is 2.17. The molecule has 0 amide bonds. The van der Waals surface area contributed by atoms with E-state index in [1.807, 2.05) is 18.2 Å². The first-order valence-corrected chi connectivity index (χ1v) is 6.83. The lowest BCUT2D eigenvalue weighted by Gasteiger charge is -2.16. The van der Waals surface area contributed by atoms with Gasteiger partial charge < -0.3 is 0 Å². The highest BCUT2D eigenvalue weighted by atomic mass is 32.1. The van der Waals surface area contributed by atoms with Crippen LogP contribution in [-0.4, -0.2) is 9.97 Å². The molecule has 5 heteroatoms. The maximum absolute atomic E-state index is 5.75. The van der Waals surface area contributed by atoms with Crippen LogP contribution in [0.1, 0.15) is 21.4 Å². The molecule has 1 aromatic carbocycles. The summed E-state index contributed by atoms with van der Waals surface area (Å²) >= 11 is 1.73. The summed E-state index contributed by atoms with van der Waals surface area (Å²) in [7, 11) is 0. The van der Waals surface area contributed by atoms with E-state index in [2.05, 4.69) is 34.5 Å². The summed E-state index contributed by atoms with van der Waals surface area (Å²) in [6, 6.07) is 10.1. The zero-order valence-electron chi connectivity index (χ0n) is 10.5. The number of hydrogen-bond acceptors (Lipinski definition) is 5. The number of nitrogens with one attached hydrogen (secondary N) is 1. The molecule has 0 saturated carbocycles. The number of nitrogens with zero attached hydrogens (tertiary/aromatic N) is 2. The van der Waals surface area contributed by atoms with Crippen LogP contribution in [0, 0.1) is 6.92 Å². The highest BCUT2D eigenvalue weighted by Crippen LogP contribution is 2.30. The van der Waals surface area contributed by atoms with E-state index in [1.54, 1.807) is 23.7 Å². The van der Waals surface area contributed by atoms with Gasteiger partial charge in [0, 0.05) is 27.7 Å². The quantitative estimate of drug-likeness (QED) is 0.567. The van der Waals surface area contributed by atoms with Crippen molar-refractivity contribution in [3.05, 3.63) is 58.0 Å². The molecule has 0 bridgehead atoms. The minimum Gasteiger partial charge on any atom is -0.271 e. The number of fused-ring (bicyclic) bond motifs is 1. The van der Waals surface area contributed by atoms with Crippen LogP contribution < -0.4 is 11.3 Å². The number of hydrogen-bond donors (Lipinski definition) is 2. The lowest BCUT2D eigenvalue weighted by atomic mass is 10.0. The normalized spacial score (nSPS) is 12.7. The van der Waals surface area contributed by atoms with Gasteiger partial charge in [0.05, 0.1) is 17.1 Å². The Bertz CT molecular complexity index is 702. The Labute approximate surface area is 115 Å². The van der Waals surface area contributed by atoms with Crippen LogP contribution in [0.4, 0.5) is 0 Å². The zero-order chi connectivity index (χ0) is 13.2. The van der Waals surface area contributed by atoms with Crippen LogP contribution in [0.25, 0.3) is 11.0 Å². The molecule has 3 N–H and O–H groups in total. The summed E-state index contributed by atoms with van der Waals surface area (Å²) in [5.74, 6) is 5.75. The fourth-order valence-electron chi connectivity index (χ4n) is 2.18. The maximum Gasteiger partial charge on any atom is 0.0938 e. The third-order valence-electron chi connectivity index (χ3n) is 3.05. The van der Waals surface area contributed by atoms with Gasteiger partial charge in [0.15, 0.2) is 0 Å². The molecule has 0 fully saturated rings. The molecule has 19 heavy (non-hydrogen) atoms. The van der Waals surface area contributed by atoms with Crippen LogP contribution in [0.5, 0.6) is 0 Å². The Hall–Kier alpha value is -1.82. The number of benzene rings is 1. The summed E-state index contributed by atoms with van der Waals surface area (Å²) in [5.41, 5.74) is 5.70. The van der Waals surface area contributed by atoms with Crippen molar-refractivity contribution in [3.8, 4) is 0 Å². The van der Waals surface area contributed by atoms with E-state index in [0.717, 1.165) is 16.6 Å². The SMILES string of the molecule is Cc1ccc(C(NN)c2cccc3nccnc23)s1. The number of hydrazine groups is 1. The van der Waals surface area contributed by atoms with Crippen molar-refractivity contribution in [2.24, 2.45) is 5.84 Å². The fraction of sp³-hybridized carbons (Fsp3) is 0.143. The van der Waals surface area contributed by atoms with E-state index in [4.69, 9.17) is 5.84 Å². The van der Waals surface area contributed by atoms with Gasteiger partial charge in [0.1, 0.15) is 0 Å². The van der Waals surface area contributed by atoms with Crippen LogP contribution in [-0.2, 0) is 0 Å². The number of aromatic nitrogens is 2. The third-order valence-corrected chi connectivity index (χ3v) is 4.12. The van der Waals surface area contributed by atoms with Gasteiger partial charge >= 0.3 is 0 Å². The average Bonchev–Trinajstić information content (AvgIpc) is 2.86. The first-order chi connectivity index (χ1) is 9.29. The van der Waals surface area contributed by atoms with Crippen molar-refractivity contribution in [2.75, 3.05) is 0 Å². The molecule has 4 nitrogen and oxygen atoms in total. The molecule has 0 radical (unpaired) electrons. The molecule has 0 aliphatic heterocycles. The van der Waals surface area contributed by atoms with Crippen molar-refractivity contribution in [1.29, 1.82) is 0 Å². The predicted molar refractivity (Wildman–Crippen MR) is 77.8 cm³/mol. The molecular weight excluding hydrogens is 256 g/mol. The molecule has 96 valence electrons. The van der Waals surface area contributed by atoms with Crippen molar-refractivity contribution >= 4 is 22.4 Å². The molecule has 1 atom stereocenters. The van der Waals surface area contributed by atoms with E-state index in [-0.39, 0.29) is 6.04 Å². The molecular formula is C14H14N4S.